The van der Waals surface area contributed by atoms with Gasteiger partial charge in [-0.1, -0.05) is 50.2 Å². The van der Waals surface area contributed by atoms with Gasteiger partial charge in [0.1, 0.15) is 5.75 Å². The lowest BCUT2D eigenvalue weighted by Gasteiger charge is -2.11. The van der Waals surface area contributed by atoms with E-state index < -0.39 is 7.23 Å². The molecule has 0 aliphatic heterocycles. The van der Waals surface area contributed by atoms with Gasteiger partial charge >= 0.3 is 0 Å². The molecule has 0 N–H and O–H groups in total. The van der Waals surface area contributed by atoms with Crippen molar-refractivity contribution in [1.29, 1.82) is 0 Å². The molecule has 0 heterocycles. The van der Waals surface area contributed by atoms with Crippen molar-refractivity contribution < 1.29 is 9.09 Å². The third-order valence-corrected chi connectivity index (χ3v) is 5.67. The van der Waals surface area contributed by atoms with Crippen molar-refractivity contribution in [3.8, 4) is 5.75 Å². The molecule has 0 aromatic heterocycles. The fourth-order valence-corrected chi connectivity index (χ4v) is 4.61. The van der Waals surface area contributed by atoms with Gasteiger partial charge in [0.25, 0.3) is 7.23 Å². The van der Waals surface area contributed by atoms with E-state index in [2.05, 4.69) is 19.9 Å². The molecule has 20 heavy (non-hydrogen) atoms. The molecule has 0 fully saturated rings. The van der Waals surface area contributed by atoms with Gasteiger partial charge in [0.05, 0.1) is 0 Å². The van der Waals surface area contributed by atoms with Gasteiger partial charge in [0, 0.05) is 4.90 Å². The van der Waals surface area contributed by atoms with Gasteiger partial charge in [0.15, 0.2) is 0 Å². The van der Waals surface area contributed by atoms with Crippen LogP contribution in [0.4, 0.5) is 0 Å². The Morgan fingerprint density at radius 2 is 1.55 bits per heavy atom. The molecule has 1 unspecified atom stereocenters. The summed E-state index contributed by atoms with van der Waals surface area (Å²) in [6, 6.07) is 15.8. The summed E-state index contributed by atoms with van der Waals surface area (Å²) >= 11 is 1.33. The molecule has 0 saturated carbocycles. The van der Waals surface area contributed by atoms with Gasteiger partial charge in [0.2, 0.25) is 0 Å². The van der Waals surface area contributed by atoms with Crippen LogP contribution in [0.25, 0.3) is 0 Å². The van der Waals surface area contributed by atoms with Crippen molar-refractivity contribution in [3.05, 3.63) is 59.7 Å². The predicted molar refractivity (Wildman–Crippen MR) is 87.1 cm³/mol. The summed E-state index contributed by atoms with van der Waals surface area (Å²) in [5, 5.41) is 0. The molecular weight excluding hydrogens is 287 g/mol. The van der Waals surface area contributed by atoms with Crippen molar-refractivity contribution in [3.63, 3.8) is 0 Å². The third kappa shape index (κ3) is 3.91. The highest BCUT2D eigenvalue weighted by Gasteiger charge is 2.09. The van der Waals surface area contributed by atoms with Gasteiger partial charge in [-0.15, -0.1) is 0 Å². The van der Waals surface area contributed by atoms with Gasteiger partial charge < -0.3 is 4.52 Å². The van der Waals surface area contributed by atoms with Gasteiger partial charge in [-0.05, 0) is 47.5 Å². The van der Waals surface area contributed by atoms with E-state index in [0.29, 0.717) is 0 Å². The van der Waals surface area contributed by atoms with E-state index in [1.54, 1.807) is 0 Å². The lowest BCUT2D eigenvalue weighted by atomic mass is 10.1. The highest BCUT2D eigenvalue weighted by Crippen LogP contribution is 2.46. The second kappa shape index (κ2) is 7.56. The topological polar surface area (TPSA) is 26.3 Å². The van der Waals surface area contributed by atoms with Crippen molar-refractivity contribution in [1.82, 2.24) is 0 Å². The molecule has 2 aromatic rings. The Labute approximate surface area is 125 Å². The maximum Gasteiger partial charge on any atom is 0.296 e. The van der Waals surface area contributed by atoms with Crippen LogP contribution in [0.5, 0.6) is 5.75 Å². The first kappa shape index (κ1) is 15.2. The predicted octanol–water partition coefficient (Wildman–Crippen LogP) is 5.37. The summed E-state index contributed by atoms with van der Waals surface area (Å²) in [4.78, 5) is 1.05. The molecule has 2 aromatic carbocycles. The molecule has 106 valence electrons. The molecule has 0 aliphatic rings. The normalized spacial score (nSPS) is 12.1. The molecular formula is C16H19O2PS. The maximum atomic E-state index is 12.2. The average molecular weight is 306 g/mol. The van der Waals surface area contributed by atoms with Crippen LogP contribution in [0.1, 0.15) is 25.0 Å². The van der Waals surface area contributed by atoms with Crippen LogP contribution in [-0.4, -0.2) is 0 Å². The summed E-state index contributed by atoms with van der Waals surface area (Å²) in [5.41, 5.74) is 2.30. The SMILES string of the molecule is CCc1ccccc1O[PH](=O)Sc1ccccc1CC. The highest BCUT2D eigenvalue weighted by atomic mass is 32.7. The second-order valence-corrected chi connectivity index (χ2v) is 7.34. The van der Waals surface area contributed by atoms with Crippen LogP contribution in [0.3, 0.4) is 0 Å². The lowest BCUT2D eigenvalue weighted by molar-refractivity contribution is 0.517. The Morgan fingerprint density at radius 1 is 0.950 bits per heavy atom. The first-order valence-corrected chi connectivity index (χ1v) is 9.65. The fraction of sp³-hybridized carbons (Fsp3) is 0.250. The molecule has 0 spiro atoms. The summed E-state index contributed by atoms with van der Waals surface area (Å²) in [7, 11) is -2.19. The minimum absolute atomic E-state index is 0.736. The Balaban J connectivity index is 2.09. The summed E-state index contributed by atoms with van der Waals surface area (Å²) in [6.45, 7) is 4.17. The van der Waals surface area contributed by atoms with Crippen LogP contribution in [0.2, 0.25) is 0 Å². The molecule has 1 atom stereocenters. The van der Waals surface area contributed by atoms with Crippen LogP contribution in [0, 0.1) is 0 Å². The summed E-state index contributed by atoms with van der Waals surface area (Å²) in [6.07, 6.45) is 1.81. The third-order valence-electron chi connectivity index (χ3n) is 3.09. The van der Waals surface area contributed by atoms with E-state index in [4.69, 9.17) is 4.52 Å². The Kier molecular flexibility index (Phi) is 5.75. The first-order chi connectivity index (χ1) is 9.74. The van der Waals surface area contributed by atoms with E-state index in [1.807, 2.05) is 42.5 Å². The highest BCUT2D eigenvalue weighted by molar-refractivity contribution is 8.50. The minimum Gasteiger partial charge on any atom is -0.437 e. The zero-order chi connectivity index (χ0) is 14.4. The Hall–Kier alpha value is -1.18. The number of hydrogen-bond donors (Lipinski definition) is 0. The second-order valence-electron chi connectivity index (χ2n) is 4.38. The van der Waals surface area contributed by atoms with Gasteiger partial charge in [-0.2, -0.15) is 0 Å². The lowest BCUT2D eigenvalue weighted by Crippen LogP contribution is -1.88. The summed E-state index contributed by atoms with van der Waals surface area (Å²) < 4.78 is 17.9. The van der Waals surface area contributed by atoms with Crippen molar-refractivity contribution in [2.24, 2.45) is 0 Å². The van der Waals surface area contributed by atoms with Crippen molar-refractivity contribution in [2.75, 3.05) is 0 Å². The zero-order valence-electron chi connectivity index (χ0n) is 11.8. The van der Waals surface area contributed by atoms with Crippen LogP contribution < -0.4 is 4.52 Å². The monoisotopic (exact) mass is 306 g/mol. The fourth-order valence-electron chi connectivity index (χ4n) is 1.99. The van der Waals surface area contributed by atoms with Crippen LogP contribution >= 0.6 is 18.6 Å². The van der Waals surface area contributed by atoms with Crippen molar-refractivity contribution in [2.45, 2.75) is 31.6 Å². The molecule has 2 nitrogen and oxygen atoms in total. The van der Waals surface area contributed by atoms with Gasteiger partial charge in [-0.3, -0.25) is 4.57 Å². The Bertz CT molecular complexity index is 547. The van der Waals surface area contributed by atoms with E-state index >= 15 is 0 Å². The molecule has 0 aliphatic carbocycles. The van der Waals surface area contributed by atoms with E-state index in [1.165, 1.54) is 16.9 Å². The largest absolute Gasteiger partial charge is 0.437 e. The average Bonchev–Trinajstić information content (AvgIpc) is 2.48. The number of benzene rings is 2. The number of aryl methyl sites for hydroxylation is 2. The molecule has 4 heteroatoms. The Morgan fingerprint density at radius 3 is 2.25 bits per heavy atom. The van der Waals surface area contributed by atoms with Crippen LogP contribution in [0.15, 0.2) is 53.4 Å². The molecule has 0 radical (unpaired) electrons. The standard InChI is InChI=1S/C16H19O2PS/c1-3-13-9-5-7-11-15(13)18-19(17)20-16-12-8-6-10-14(16)4-2/h5-12,19H,3-4H2,1-2H3. The quantitative estimate of drug-likeness (QED) is 0.671. The molecule has 0 saturated heterocycles. The van der Waals surface area contributed by atoms with E-state index in [-0.39, 0.29) is 0 Å². The number of hydrogen-bond acceptors (Lipinski definition) is 3. The molecule has 0 amide bonds. The van der Waals surface area contributed by atoms with Crippen molar-refractivity contribution >= 4 is 18.6 Å². The zero-order valence-corrected chi connectivity index (χ0v) is 13.6. The minimum atomic E-state index is -2.19. The smallest absolute Gasteiger partial charge is 0.296 e. The first-order valence-electron chi connectivity index (χ1n) is 6.80. The summed E-state index contributed by atoms with van der Waals surface area (Å²) in [5.74, 6) is 0.736. The number of rotatable bonds is 6. The van der Waals surface area contributed by atoms with Gasteiger partial charge in [-0.25, -0.2) is 0 Å². The maximum absolute atomic E-state index is 12.2. The van der Waals surface area contributed by atoms with E-state index in [9.17, 15) is 4.57 Å². The molecule has 2 rings (SSSR count). The number of para-hydroxylation sites is 1. The van der Waals surface area contributed by atoms with E-state index in [0.717, 1.165) is 29.1 Å². The van der Waals surface area contributed by atoms with Crippen LogP contribution in [-0.2, 0) is 17.4 Å². The molecule has 0 bridgehead atoms.